The zero-order chi connectivity index (χ0) is 15.6. The van der Waals surface area contributed by atoms with Crippen molar-refractivity contribution in [1.29, 1.82) is 0 Å². The van der Waals surface area contributed by atoms with Crippen LogP contribution in [0.15, 0.2) is 30.3 Å². The fourth-order valence-electron chi connectivity index (χ4n) is 2.09. The first kappa shape index (κ1) is 16.1. The molecule has 1 nitrogen and oxygen atoms in total. The first-order valence-corrected chi connectivity index (χ1v) is 6.93. The monoisotopic (exact) mass is 333 g/mol. The normalized spacial score (nSPS) is 12.5. The topological polar surface area (TPSA) is 12.0 Å². The molecule has 1 atom stereocenters. The minimum Gasteiger partial charge on any atom is -0.313 e. The molecule has 0 aliphatic rings. The maximum Gasteiger partial charge on any atom is 0.142 e. The quantitative estimate of drug-likeness (QED) is 0.783. The number of halogens is 5. The summed E-state index contributed by atoms with van der Waals surface area (Å²) in [6.45, 7) is 0. The Morgan fingerprint density at radius 1 is 1.00 bits per heavy atom. The number of benzene rings is 2. The molecule has 0 aliphatic carbocycles. The molecule has 0 spiro atoms. The number of nitrogens with one attached hydrogen (secondary N) is 1. The molecule has 0 aliphatic heterocycles. The minimum atomic E-state index is -0.710. The molecule has 2 aromatic rings. The number of rotatable bonds is 4. The summed E-state index contributed by atoms with van der Waals surface area (Å²) in [6, 6.07) is 5.34. The van der Waals surface area contributed by atoms with Gasteiger partial charge in [-0.15, -0.1) is 0 Å². The lowest BCUT2D eigenvalue weighted by Gasteiger charge is -2.18. The van der Waals surface area contributed by atoms with Crippen molar-refractivity contribution in [3.8, 4) is 0 Å². The van der Waals surface area contributed by atoms with Crippen molar-refractivity contribution in [1.82, 2.24) is 5.32 Å². The molecule has 6 heteroatoms. The van der Waals surface area contributed by atoms with Crippen LogP contribution in [0, 0.1) is 17.5 Å². The van der Waals surface area contributed by atoms with E-state index in [4.69, 9.17) is 23.2 Å². The van der Waals surface area contributed by atoms with Gasteiger partial charge in [0.1, 0.15) is 17.5 Å². The van der Waals surface area contributed by atoms with Gasteiger partial charge in [0.15, 0.2) is 0 Å². The summed E-state index contributed by atoms with van der Waals surface area (Å²) in [4.78, 5) is 0. The lowest BCUT2D eigenvalue weighted by Crippen LogP contribution is -2.20. The van der Waals surface area contributed by atoms with Crippen LogP contribution in [-0.4, -0.2) is 7.05 Å². The van der Waals surface area contributed by atoms with Crippen LogP contribution in [0.25, 0.3) is 0 Å². The molecule has 1 unspecified atom stereocenters. The summed E-state index contributed by atoms with van der Waals surface area (Å²) in [6.07, 6.45) is 0.213. The van der Waals surface area contributed by atoms with Crippen LogP contribution in [0.3, 0.4) is 0 Å². The van der Waals surface area contributed by atoms with Gasteiger partial charge in [0, 0.05) is 16.6 Å². The van der Waals surface area contributed by atoms with Gasteiger partial charge in [0.25, 0.3) is 0 Å². The molecule has 21 heavy (non-hydrogen) atoms. The first-order chi connectivity index (χ1) is 9.92. The maximum atomic E-state index is 14.0. The third-order valence-corrected chi connectivity index (χ3v) is 3.85. The summed E-state index contributed by atoms with van der Waals surface area (Å²) in [5, 5.41) is 2.95. The van der Waals surface area contributed by atoms with Gasteiger partial charge < -0.3 is 5.32 Å². The lowest BCUT2D eigenvalue weighted by atomic mass is 9.98. The van der Waals surface area contributed by atoms with E-state index in [1.165, 1.54) is 18.2 Å². The van der Waals surface area contributed by atoms with E-state index >= 15 is 0 Å². The van der Waals surface area contributed by atoms with Gasteiger partial charge >= 0.3 is 0 Å². The van der Waals surface area contributed by atoms with Crippen LogP contribution in [0.5, 0.6) is 0 Å². The van der Waals surface area contributed by atoms with Gasteiger partial charge in [-0.1, -0.05) is 23.2 Å². The summed E-state index contributed by atoms with van der Waals surface area (Å²) in [5.74, 6) is -1.78. The van der Waals surface area contributed by atoms with Crippen LogP contribution in [0.4, 0.5) is 13.2 Å². The molecule has 0 fully saturated rings. The summed E-state index contributed by atoms with van der Waals surface area (Å²) >= 11 is 11.5. The Kier molecular flexibility index (Phi) is 5.14. The highest BCUT2D eigenvalue weighted by atomic mass is 35.5. The fourth-order valence-corrected chi connectivity index (χ4v) is 2.44. The zero-order valence-electron chi connectivity index (χ0n) is 11.1. The molecule has 0 saturated heterocycles. The molecule has 112 valence electrons. The molecular weight excluding hydrogens is 322 g/mol. The highest BCUT2D eigenvalue weighted by Crippen LogP contribution is 2.28. The fraction of sp³-hybridized carbons (Fsp3) is 0.200. The molecule has 0 heterocycles. The molecule has 1 N–H and O–H groups in total. The van der Waals surface area contributed by atoms with E-state index in [0.29, 0.717) is 10.6 Å². The summed E-state index contributed by atoms with van der Waals surface area (Å²) in [5.41, 5.74) is 0.616. The second-order valence-corrected chi connectivity index (χ2v) is 5.38. The van der Waals surface area contributed by atoms with Gasteiger partial charge in [-0.05, 0) is 49.4 Å². The highest BCUT2D eigenvalue weighted by molar-refractivity contribution is 6.31. The Labute approximate surface area is 130 Å². The summed E-state index contributed by atoms with van der Waals surface area (Å²) in [7, 11) is 1.60. The van der Waals surface area contributed by atoms with Crippen molar-refractivity contribution in [2.24, 2.45) is 0 Å². The van der Waals surface area contributed by atoms with Crippen molar-refractivity contribution < 1.29 is 13.2 Å². The van der Waals surface area contributed by atoms with Crippen LogP contribution >= 0.6 is 23.2 Å². The van der Waals surface area contributed by atoms with E-state index in [0.717, 1.165) is 12.1 Å². The smallest absolute Gasteiger partial charge is 0.142 e. The maximum absolute atomic E-state index is 14.0. The Bertz CT molecular complexity index is 662. The summed E-state index contributed by atoms with van der Waals surface area (Å²) < 4.78 is 40.7. The van der Waals surface area contributed by atoms with E-state index in [1.807, 2.05) is 0 Å². The first-order valence-electron chi connectivity index (χ1n) is 6.18. The van der Waals surface area contributed by atoms with E-state index in [1.54, 1.807) is 7.05 Å². The predicted molar refractivity (Wildman–Crippen MR) is 78.3 cm³/mol. The van der Waals surface area contributed by atoms with E-state index in [2.05, 4.69) is 5.32 Å². The molecule has 0 amide bonds. The third kappa shape index (κ3) is 3.70. The largest absolute Gasteiger partial charge is 0.313 e. The predicted octanol–water partition coefficient (Wildman–Crippen LogP) is 4.91. The number of hydrogen-bond donors (Lipinski definition) is 1. The molecule has 0 bridgehead atoms. The Morgan fingerprint density at radius 2 is 1.71 bits per heavy atom. The molecule has 0 aromatic heterocycles. The third-order valence-electron chi connectivity index (χ3n) is 3.20. The van der Waals surface area contributed by atoms with Crippen LogP contribution in [0.2, 0.25) is 10.0 Å². The second kappa shape index (κ2) is 6.69. The molecular formula is C15H12Cl2F3N. The van der Waals surface area contributed by atoms with E-state index < -0.39 is 23.5 Å². The Balaban J connectivity index is 2.36. The SMILES string of the molecule is CNC(Cc1cc(F)ccc1Cl)c1cc(F)c(Cl)cc1F. The van der Waals surface area contributed by atoms with Crippen molar-refractivity contribution in [2.75, 3.05) is 7.05 Å². The van der Waals surface area contributed by atoms with E-state index in [-0.39, 0.29) is 17.0 Å². The average Bonchev–Trinajstić information content (AvgIpc) is 2.44. The van der Waals surface area contributed by atoms with Gasteiger partial charge in [0.05, 0.1) is 5.02 Å². The van der Waals surface area contributed by atoms with Crippen molar-refractivity contribution in [3.05, 3.63) is 69.0 Å². The molecule has 0 radical (unpaired) electrons. The molecule has 0 saturated carbocycles. The van der Waals surface area contributed by atoms with Crippen LogP contribution < -0.4 is 5.32 Å². The number of hydrogen-bond acceptors (Lipinski definition) is 1. The van der Waals surface area contributed by atoms with Gasteiger partial charge in [-0.3, -0.25) is 0 Å². The Hall–Kier alpha value is -1.23. The van der Waals surface area contributed by atoms with Crippen molar-refractivity contribution in [2.45, 2.75) is 12.5 Å². The molecule has 2 rings (SSSR count). The van der Waals surface area contributed by atoms with Gasteiger partial charge in [-0.2, -0.15) is 0 Å². The average molecular weight is 334 g/mol. The minimum absolute atomic E-state index is 0.111. The lowest BCUT2D eigenvalue weighted by molar-refractivity contribution is 0.522. The van der Waals surface area contributed by atoms with Crippen LogP contribution in [0.1, 0.15) is 17.2 Å². The number of likely N-dealkylation sites (N-methyl/N-ethyl adjacent to an activating group) is 1. The Morgan fingerprint density at radius 3 is 2.38 bits per heavy atom. The van der Waals surface area contributed by atoms with Crippen molar-refractivity contribution >= 4 is 23.2 Å². The molecule has 2 aromatic carbocycles. The second-order valence-electron chi connectivity index (χ2n) is 4.57. The zero-order valence-corrected chi connectivity index (χ0v) is 12.6. The van der Waals surface area contributed by atoms with E-state index in [9.17, 15) is 13.2 Å². The highest BCUT2D eigenvalue weighted by Gasteiger charge is 2.19. The van der Waals surface area contributed by atoms with Crippen molar-refractivity contribution in [3.63, 3.8) is 0 Å². The van der Waals surface area contributed by atoms with Gasteiger partial charge in [-0.25, -0.2) is 13.2 Å². The van der Waals surface area contributed by atoms with Gasteiger partial charge in [0.2, 0.25) is 0 Å². The standard InChI is InChI=1S/C15H12Cl2F3N/c1-21-15(5-8-4-9(18)2-3-11(8)16)10-6-14(20)12(17)7-13(10)19/h2-4,6-7,15,21H,5H2,1H3. The van der Waals surface area contributed by atoms with Crippen LogP contribution in [-0.2, 0) is 6.42 Å².